The summed E-state index contributed by atoms with van der Waals surface area (Å²) in [7, 11) is 0. The molecule has 2 heterocycles. The molecule has 1 spiro atoms. The molecule has 2 aromatic rings. The van der Waals surface area contributed by atoms with Crippen LogP contribution in [0.15, 0.2) is 47.8 Å². The summed E-state index contributed by atoms with van der Waals surface area (Å²) in [6.07, 6.45) is 4.79. The van der Waals surface area contributed by atoms with Crippen molar-refractivity contribution < 1.29 is 14.3 Å². The van der Waals surface area contributed by atoms with E-state index in [4.69, 9.17) is 4.74 Å². The second kappa shape index (κ2) is 7.82. The maximum atomic E-state index is 13.2. The lowest BCUT2D eigenvalue weighted by atomic mass is 9.90. The van der Waals surface area contributed by atoms with Crippen LogP contribution in [0.3, 0.4) is 0 Å². The van der Waals surface area contributed by atoms with Gasteiger partial charge in [-0.2, -0.15) is 0 Å². The monoisotopic (exact) mass is 384 g/mol. The largest absolute Gasteiger partial charge is 0.353 e. The minimum absolute atomic E-state index is 0.0933. The number of amides is 2. The summed E-state index contributed by atoms with van der Waals surface area (Å²) in [5.74, 6) is -0.240. The van der Waals surface area contributed by atoms with Crippen LogP contribution in [-0.2, 0) is 16.1 Å². The molecule has 1 N–H and O–H groups in total. The van der Waals surface area contributed by atoms with E-state index >= 15 is 0 Å². The molecule has 1 atom stereocenters. The number of carbonyl (C=O) groups excluding carboxylic acids is 2. The van der Waals surface area contributed by atoms with Crippen LogP contribution in [0.2, 0.25) is 0 Å². The molecule has 2 fully saturated rings. The lowest BCUT2D eigenvalue weighted by Crippen LogP contribution is -2.56. The van der Waals surface area contributed by atoms with Crippen LogP contribution in [-0.4, -0.2) is 35.1 Å². The fourth-order valence-corrected chi connectivity index (χ4v) is 4.75. The van der Waals surface area contributed by atoms with Crippen molar-refractivity contribution in [3.05, 3.63) is 58.3 Å². The van der Waals surface area contributed by atoms with Crippen molar-refractivity contribution in [1.82, 2.24) is 10.2 Å². The standard InChI is InChI=1S/C21H24N2O3S/c24-19(22-14-16-8-3-1-4-9-16)17-15-26-21(11-5-2-6-12-21)23(17)20(25)18-10-7-13-27-18/h1,3-4,7-10,13,17H,2,5-6,11-12,14-15H2,(H,22,24)/t17-/m1/s1. The van der Waals surface area contributed by atoms with Crippen LogP contribution in [0.1, 0.15) is 47.3 Å². The van der Waals surface area contributed by atoms with Gasteiger partial charge in [-0.15, -0.1) is 11.3 Å². The fraction of sp³-hybridized carbons (Fsp3) is 0.429. The third-order valence-electron chi connectivity index (χ3n) is 5.46. The SMILES string of the molecule is O=C(NCc1ccccc1)[C@H]1COC2(CCCCC2)N1C(=O)c1cccs1. The molecule has 142 valence electrons. The molecule has 6 heteroatoms. The highest BCUT2D eigenvalue weighted by molar-refractivity contribution is 7.12. The van der Waals surface area contributed by atoms with Gasteiger partial charge in [0.25, 0.3) is 5.91 Å². The van der Waals surface area contributed by atoms with Crippen molar-refractivity contribution in [2.75, 3.05) is 6.61 Å². The third kappa shape index (κ3) is 3.64. The first kappa shape index (κ1) is 18.2. The van der Waals surface area contributed by atoms with E-state index in [1.54, 1.807) is 4.90 Å². The van der Waals surface area contributed by atoms with Crippen molar-refractivity contribution >= 4 is 23.2 Å². The number of thiophene rings is 1. The number of hydrogen-bond acceptors (Lipinski definition) is 4. The van der Waals surface area contributed by atoms with Gasteiger partial charge in [-0.3, -0.25) is 14.5 Å². The third-order valence-corrected chi connectivity index (χ3v) is 6.32. The average Bonchev–Trinajstić information content (AvgIpc) is 3.36. The molecule has 0 radical (unpaired) electrons. The summed E-state index contributed by atoms with van der Waals surface area (Å²) in [5, 5.41) is 4.87. The van der Waals surface area contributed by atoms with E-state index in [1.165, 1.54) is 11.3 Å². The van der Waals surface area contributed by atoms with Crippen LogP contribution >= 0.6 is 11.3 Å². The van der Waals surface area contributed by atoms with E-state index in [2.05, 4.69) is 5.32 Å². The zero-order valence-electron chi connectivity index (χ0n) is 15.2. The lowest BCUT2D eigenvalue weighted by molar-refractivity contribution is -0.127. The molecule has 4 rings (SSSR count). The maximum absolute atomic E-state index is 13.2. The first-order valence-corrected chi connectivity index (χ1v) is 10.4. The van der Waals surface area contributed by atoms with Crippen molar-refractivity contribution in [2.24, 2.45) is 0 Å². The van der Waals surface area contributed by atoms with E-state index in [0.717, 1.165) is 37.7 Å². The molecule has 1 aliphatic heterocycles. The second-order valence-corrected chi connectivity index (χ2v) is 8.14. The summed E-state index contributed by atoms with van der Waals surface area (Å²) < 4.78 is 6.15. The molecule has 2 aliphatic rings. The number of carbonyl (C=O) groups is 2. The number of benzene rings is 1. The Kier molecular flexibility index (Phi) is 5.27. The molecule has 0 bridgehead atoms. The Balaban J connectivity index is 1.54. The topological polar surface area (TPSA) is 58.6 Å². The predicted octanol–water partition coefficient (Wildman–Crippen LogP) is 3.57. The Hall–Kier alpha value is -2.18. The normalized spacial score (nSPS) is 21.3. The number of rotatable bonds is 4. The van der Waals surface area contributed by atoms with E-state index in [1.807, 2.05) is 47.8 Å². The highest BCUT2D eigenvalue weighted by Gasteiger charge is 2.53. The summed E-state index contributed by atoms with van der Waals surface area (Å²) >= 11 is 1.41. The summed E-state index contributed by atoms with van der Waals surface area (Å²) in [4.78, 5) is 28.6. The summed E-state index contributed by atoms with van der Waals surface area (Å²) in [6, 6.07) is 12.9. The Morgan fingerprint density at radius 3 is 2.59 bits per heavy atom. The molecule has 0 unspecified atom stereocenters. The van der Waals surface area contributed by atoms with Gasteiger partial charge in [0.15, 0.2) is 0 Å². The van der Waals surface area contributed by atoms with Crippen LogP contribution in [0.25, 0.3) is 0 Å². The molecule has 1 saturated heterocycles. The Morgan fingerprint density at radius 2 is 1.89 bits per heavy atom. The van der Waals surface area contributed by atoms with Gasteiger partial charge in [0.1, 0.15) is 11.8 Å². The molecule has 2 amide bonds. The zero-order chi connectivity index (χ0) is 18.7. The van der Waals surface area contributed by atoms with Gasteiger partial charge >= 0.3 is 0 Å². The number of nitrogens with one attached hydrogen (secondary N) is 1. The van der Waals surface area contributed by atoms with Gasteiger partial charge in [-0.05, 0) is 42.7 Å². The van der Waals surface area contributed by atoms with Gasteiger partial charge in [0.2, 0.25) is 5.91 Å². The Morgan fingerprint density at radius 1 is 1.11 bits per heavy atom. The first-order valence-electron chi connectivity index (χ1n) is 9.52. The molecular weight excluding hydrogens is 360 g/mol. The van der Waals surface area contributed by atoms with E-state index in [9.17, 15) is 9.59 Å². The zero-order valence-corrected chi connectivity index (χ0v) is 16.0. The number of ether oxygens (including phenoxy) is 1. The summed E-state index contributed by atoms with van der Waals surface area (Å²) in [6.45, 7) is 0.710. The molecule has 1 saturated carbocycles. The minimum atomic E-state index is -0.631. The lowest BCUT2D eigenvalue weighted by Gasteiger charge is -2.41. The van der Waals surface area contributed by atoms with Gasteiger partial charge in [0, 0.05) is 6.54 Å². The van der Waals surface area contributed by atoms with Crippen LogP contribution in [0.4, 0.5) is 0 Å². The number of nitrogens with zero attached hydrogens (tertiary/aromatic N) is 1. The van der Waals surface area contributed by atoms with Crippen LogP contribution < -0.4 is 5.32 Å². The Labute approximate surface area is 163 Å². The highest BCUT2D eigenvalue weighted by atomic mass is 32.1. The van der Waals surface area contributed by atoms with Crippen molar-refractivity contribution in [1.29, 1.82) is 0 Å². The van der Waals surface area contributed by atoms with Crippen molar-refractivity contribution in [3.8, 4) is 0 Å². The molecular formula is C21H24N2O3S. The van der Waals surface area contributed by atoms with E-state index < -0.39 is 11.8 Å². The predicted molar refractivity (Wildman–Crippen MR) is 104 cm³/mol. The fourth-order valence-electron chi connectivity index (χ4n) is 4.09. The molecule has 1 aromatic carbocycles. The summed E-state index contributed by atoms with van der Waals surface area (Å²) in [5.41, 5.74) is 0.405. The number of hydrogen-bond donors (Lipinski definition) is 1. The van der Waals surface area contributed by atoms with Crippen LogP contribution in [0, 0.1) is 0 Å². The quantitative estimate of drug-likeness (QED) is 0.877. The minimum Gasteiger partial charge on any atom is -0.353 e. The van der Waals surface area contributed by atoms with Crippen LogP contribution in [0.5, 0.6) is 0 Å². The van der Waals surface area contributed by atoms with E-state index in [0.29, 0.717) is 11.4 Å². The van der Waals surface area contributed by atoms with Crippen molar-refractivity contribution in [2.45, 2.75) is 50.4 Å². The van der Waals surface area contributed by atoms with Crippen molar-refractivity contribution in [3.63, 3.8) is 0 Å². The molecule has 5 nitrogen and oxygen atoms in total. The smallest absolute Gasteiger partial charge is 0.266 e. The molecule has 27 heavy (non-hydrogen) atoms. The van der Waals surface area contributed by atoms with Gasteiger partial charge < -0.3 is 10.1 Å². The van der Waals surface area contributed by atoms with Gasteiger partial charge in [0.05, 0.1) is 11.5 Å². The maximum Gasteiger partial charge on any atom is 0.266 e. The Bertz CT molecular complexity index is 785. The van der Waals surface area contributed by atoms with E-state index in [-0.39, 0.29) is 18.4 Å². The molecule has 1 aliphatic carbocycles. The van der Waals surface area contributed by atoms with Gasteiger partial charge in [-0.25, -0.2) is 0 Å². The highest BCUT2D eigenvalue weighted by Crippen LogP contribution is 2.41. The molecule has 1 aromatic heterocycles. The van der Waals surface area contributed by atoms with Gasteiger partial charge in [-0.1, -0.05) is 42.8 Å². The average molecular weight is 385 g/mol. The first-order chi connectivity index (χ1) is 13.2. The second-order valence-electron chi connectivity index (χ2n) is 7.19.